The molecule has 0 unspecified atom stereocenters. The lowest BCUT2D eigenvalue weighted by molar-refractivity contribution is 0.101. The molecule has 0 atom stereocenters. The number of carbonyl (C=O) groups excluding carboxylic acids is 2. The summed E-state index contributed by atoms with van der Waals surface area (Å²) >= 11 is 0. The van der Waals surface area contributed by atoms with E-state index in [4.69, 9.17) is 9.15 Å². The van der Waals surface area contributed by atoms with Gasteiger partial charge in [0.15, 0.2) is 5.76 Å². The van der Waals surface area contributed by atoms with Gasteiger partial charge in [0.25, 0.3) is 5.91 Å². The molecular weight excluding hydrogens is 370 g/mol. The molecule has 7 heteroatoms. The molecule has 7 nitrogen and oxygen atoms in total. The van der Waals surface area contributed by atoms with Gasteiger partial charge < -0.3 is 14.5 Å². The Morgan fingerprint density at radius 1 is 1.07 bits per heavy atom. The minimum atomic E-state index is -0.367. The fraction of sp³-hybridized carbons (Fsp3) is 0.0909. The molecule has 0 bridgehead atoms. The van der Waals surface area contributed by atoms with Crippen molar-refractivity contribution in [1.29, 1.82) is 0 Å². The Kier molecular flexibility index (Phi) is 4.78. The summed E-state index contributed by atoms with van der Waals surface area (Å²) in [6.07, 6.45) is 4.34. The summed E-state index contributed by atoms with van der Waals surface area (Å²) in [5, 5.41) is 3.53. The fourth-order valence-corrected chi connectivity index (χ4v) is 3.00. The Balaban J connectivity index is 1.63. The summed E-state index contributed by atoms with van der Waals surface area (Å²) in [5.74, 6) is 0.355. The quantitative estimate of drug-likeness (QED) is 0.520. The number of hydrogen-bond donors (Lipinski definition) is 1. The highest BCUT2D eigenvalue weighted by molar-refractivity contribution is 6.11. The van der Waals surface area contributed by atoms with E-state index < -0.39 is 0 Å². The Labute approximate surface area is 166 Å². The second kappa shape index (κ2) is 7.55. The molecule has 4 rings (SSSR count). The van der Waals surface area contributed by atoms with Crippen molar-refractivity contribution in [1.82, 2.24) is 9.97 Å². The van der Waals surface area contributed by atoms with E-state index in [0.29, 0.717) is 28.1 Å². The Hall–Kier alpha value is -4.00. The Morgan fingerprint density at radius 3 is 2.55 bits per heavy atom. The fourth-order valence-electron chi connectivity index (χ4n) is 3.00. The molecule has 0 aliphatic rings. The number of methoxy groups -OCH3 is 1. The monoisotopic (exact) mass is 387 g/mol. The molecule has 0 aliphatic heterocycles. The van der Waals surface area contributed by atoms with E-state index in [1.807, 2.05) is 6.92 Å². The molecule has 2 heterocycles. The van der Waals surface area contributed by atoms with Gasteiger partial charge in [-0.3, -0.25) is 14.6 Å². The lowest BCUT2D eigenvalue weighted by Gasteiger charge is -2.04. The summed E-state index contributed by atoms with van der Waals surface area (Å²) in [7, 11) is 1.57. The first-order chi connectivity index (χ1) is 14.1. The van der Waals surface area contributed by atoms with Crippen molar-refractivity contribution in [3.05, 3.63) is 83.6 Å². The van der Waals surface area contributed by atoms with Crippen LogP contribution in [0.5, 0.6) is 5.75 Å². The number of aromatic nitrogens is 2. The molecule has 0 spiro atoms. The number of anilines is 1. The molecular formula is C22H17N3O4. The molecule has 29 heavy (non-hydrogen) atoms. The van der Waals surface area contributed by atoms with Gasteiger partial charge in [0.2, 0.25) is 5.78 Å². The maximum absolute atomic E-state index is 12.9. The summed E-state index contributed by atoms with van der Waals surface area (Å²) in [6.45, 7) is 1.82. The number of nitrogens with one attached hydrogen (secondary N) is 1. The number of hydrogen-bond acceptors (Lipinski definition) is 6. The van der Waals surface area contributed by atoms with Gasteiger partial charge in [0.1, 0.15) is 17.0 Å². The molecule has 0 radical (unpaired) electrons. The van der Waals surface area contributed by atoms with Crippen LogP contribution in [0.3, 0.4) is 0 Å². The molecule has 2 aromatic carbocycles. The minimum absolute atomic E-state index is 0.215. The van der Waals surface area contributed by atoms with E-state index in [2.05, 4.69) is 15.3 Å². The van der Waals surface area contributed by atoms with Gasteiger partial charge in [0, 0.05) is 34.6 Å². The first-order valence-electron chi connectivity index (χ1n) is 8.86. The highest BCUT2D eigenvalue weighted by atomic mass is 16.5. The lowest BCUT2D eigenvalue weighted by atomic mass is 10.0. The first kappa shape index (κ1) is 18.4. The van der Waals surface area contributed by atoms with Crippen LogP contribution in [0.4, 0.5) is 5.69 Å². The molecule has 0 saturated carbocycles. The number of aryl methyl sites for hydroxylation is 1. The van der Waals surface area contributed by atoms with Crippen molar-refractivity contribution in [2.75, 3.05) is 12.4 Å². The van der Waals surface area contributed by atoms with Gasteiger partial charge >= 0.3 is 0 Å². The normalized spacial score (nSPS) is 10.7. The van der Waals surface area contributed by atoms with Gasteiger partial charge in [0.05, 0.1) is 13.3 Å². The van der Waals surface area contributed by atoms with Crippen LogP contribution in [0.2, 0.25) is 0 Å². The van der Waals surface area contributed by atoms with Crippen LogP contribution in [0.15, 0.2) is 65.5 Å². The van der Waals surface area contributed by atoms with Crippen molar-refractivity contribution in [3.8, 4) is 5.75 Å². The average molecular weight is 387 g/mol. The van der Waals surface area contributed by atoms with E-state index in [9.17, 15) is 9.59 Å². The lowest BCUT2D eigenvalue weighted by Crippen LogP contribution is -2.13. The number of ketones is 1. The van der Waals surface area contributed by atoms with Gasteiger partial charge in [-0.25, -0.2) is 4.98 Å². The zero-order valence-electron chi connectivity index (χ0n) is 15.8. The van der Waals surface area contributed by atoms with Crippen LogP contribution in [0, 0.1) is 6.92 Å². The maximum atomic E-state index is 12.9. The topological polar surface area (TPSA) is 94.3 Å². The second-order valence-electron chi connectivity index (χ2n) is 6.37. The summed E-state index contributed by atoms with van der Waals surface area (Å²) < 4.78 is 10.9. The van der Waals surface area contributed by atoms with E-state index in [0.717, 1.165) is 5.39 Å². The third-order valence-corrected chi connectivity index (χ3v) is 4.55. The molecule has 144 valence electrons. The van der Waals surface area contributed by atoms with Gasteiger partial charge in [-0.2, -0.15) is 0 Å². The molecule has 1 amide bonds. The van der Waals surface area contributed by atoms with E-state index >= 15 is 0 Å². The van der Waals surface area contributed by atoms with Crippen LogP contribution >= 0.6 is 0 Å². The number of furan rings is 1. The molecule has 0 fully saturated rings. The molecule has 0 aliphatic carbocycles. The molecule has 1 N–H and O–H groups in total. The standard InChI is InChI=1S/C22H17N3O4/c1-13-17-11-15(25-22(27)18-12-23-9-10-24-18)5-8-19(17)29-21(13)20(26)14-3-6-16(28-2)7-4-14/h3-12H,1-2H3,(H,25,27). The highest BCUT2D eigenvalue weighted by Gasteiger charge is 2.20. The summed E-state index contributed by atoms with van der Waals surface area (Å²) in [6, 6.07) is 12.0. The van der Waals surface area contributed by atoms with Crippen molar-refractivity contribution < 1.29 is 18.7 Å². The number of fused-ring (bicyclic) bond motifs is 1. The summed E-state index contributed by atoms with van der Waals surface area (Å²) in [5.41, 5.74) is 2.56. The molecule has 2 aromatic heterocycles. The second-order valence-corrected chi connectivity index (χ2v) is 6.37. The third-order valence-electron chi connectivity index (χ3n) is 4.55. The van der Waals surface area contributed by atoms with E-state index in [-0.39, 0.29) is 23.1 Å². The predicted octanol–water partition coefficient (Wildman–Crippen LogP) is 4.02. The van der Waals surface area contributed by atoms with Crippen LogP contribution < -0.4 is 10.1 Å². The van der Waals surface area contributed by atoms with E-state index in [1.165, 1.54) is 18.6 Å². The third kappa shape index (κ3) is 3.58. The van der Waals surface area contributed by atoms with Gasteiger partial charge in [-0.15, -0.1) is 0 Å². The number of nitrogens with zero attached hydrogens (tertiary/aromatic N) is 2. The SMILES string of the molecule is COc1ccc(C(=O)c2oc3ccc(NC(=O)c4cnccn4)cc3c2C)cc1. The number of benzene rings is 2. The number of rotatable bonds is 5. The van der Waals surface area contributed by atoms with Crippen molar-refractivity contribution >= 4 is 28.3 Å². The van der Waals surface area contributed by atoms with Crippen LogP contribution in [-0.2, 0) is 0 Å². The molecule has 4 aromatic rings. The summed E-state index contributed by atoms with van der Waals surface area (Å²) in [4.78, 5) is 33.0. The van der Waals surface area contributed by atoms with Gasteiger partial charge in [-0.1, -0.05) is 0 Å². The minimum Gasteiger partial charge on any atom is -0.497 e. The van der Waals surface area contributed by atoms with Crippen LogP contribution in [-0.4, -0.2) is 28.8 Å². The number of amides is 1. The zero-order valence-corrected chi connectivity index (χ0v) is 15.8. The maximum Gasteiger partial charge on any atom is 0.275 e. The van der Waals surface area contributed by atoms with Gasteiger partial charge in [-0.05, 0) is 49.4 Å². The number of carbonyl (C=O) groups is 2. The smallest absolute Gasteiger partial charge is 0.275 e. The van der Waals surface area contributed by atoms with E-state index in [1.54, 1.807) is 49.6 Å². The van der Waals surface area contributed by atoms with Crippen molar-refractivity contribution in [2.24, 2.45) is 0 Å². The average Bonchev–Trinajstić information content (AvgIpc) is 3.10. The van der Waals surface area contributed by atoms with Crippen LogP contribution in [0.25, 0.3) is 11.0 Å². The molecule has 0 saturated heterocycles. The zero-order chi connectivity index (χ0) is 20.4. The highest BCUT2D eigenvalue weighted by Crippen LogP contribution is 2.30. The van der Waals surface area contributed by atoms with Crippen molar-refractivity contribution in [3.63, 3.8) is 0 Å². The predicted molar refractivity (Wildman–Crippen MR) is 107 cm³/mol. The largest absolute Gasteiger partial charge is 0.497 e. The first-order valence-corrected chi connectivity index (χ1v) is 8.86. The Morgan fingerprint density at radius 2 is 1.86 bits per heavy atom. The Bertz CT molecular complexity index is 1200. The van der Waals surface area contributed by atoms with Crippen LogP contribution in [0.1, 0.15) is 32.2 Å². The number of ether oxygens (including phenoxy) is 1. The van der Waals surface area contributed by atoms with Crippen molar-refractivity contribution in [2.45, 2.75) is 6.92 Å².